The second-order valence-corrected chi connectivity index (χ2v) is 4.01. The first-order valence-electron chi connectivity index (χ1n) is 6.17. The molecule has 0 bridgehead atoms. The fourth-order valence-electron chi connectivity index (χ4n) is 1.46. The van der Waals surface area contributed by atoms with Gasteiger partial charge in [0.2, 0.25) is 5.95 Å². The number of aryl methyl sites for hydroxylation is 2. The summed E-state index contributed by atoms with van der Waals surface area (Å²) >= 11 is 0. The molecule has 1 aromatic rings. The molecule has 0 aliphatic rings. The molecule has 0 unspecified atom stereocenters. The van der Waals surface area contributed by atoms with Crippen LogP contribution in [0.25, 0.3) is 0 Å². The Balaban J connectivity index is 2.82. The molecule has 6 heteroatoms. The molecule has 0 aliphatic heterocycles. The van der Waals surface area contributed by atoms with E-state index in [1.165, 1.54) is 0 Å². The van der Waals surface area contributed by atoms with E-state index in [1.807, 2.05) is 20.8 Å². The third-order valence-electron chi connectivity index (χ3n) is 2.48. The Morgan fingerprint density at radius 3 is 2.50 bits per heavy atom. The maximum atomic E-state index is 11.5. The van der Waals surface area contributed by atoms with Gasteiger partial charge in [-0.1, -0.05) is 6.92 Å². The van der Waals surface area contributed by atoms with Crippen molar-refractivity contribution in [3.05, 3.63) is 11.4 Å². The zero-order valence-corrected chi connectivity index (χ0v) is 11.4. The lowest BCUT2D eigenvalue weighted by Crippen LogP contribution is -2.33. The zero-order valence-electron chi connectivity index (χ0n) is 11.4. The summed E-state index contributed by atoms with van der Waals surface area (Å²) in [6, 6.07) is 0. The molecule has 0 radical (unpaired) electrons. The van der Waals surface area contributed by atoms with E-state index in [4.69, 9.17) is 4.74 Å². The Hall–Kier alpha value is -1.72. The molecule has 1 heterocycles. The zero-order chi connectivity index (χ0) is 13.5. The molecule has 0 saturated carbocycles. The van der Waals surface area contributed by atoms with Crippen molar-refractivity contribution in [2.75, 3.05) is 24.6 Å². The van der Waals surface area contributed by atoms with E-state index in [1.54, 1.807) is 11.8 Å². The lowest BCUT2D eigenvalue weighted by Gasteiger charge is -2.20. The van der Waals surface area contributed by atoms with Gasteiger partial charge in [-0.05, 0) is 27.2 Å². The molecule has 0 saturated heterocycles. The molecule has 100 valence electrons. The molecule has 1 rings (SSSR count). The van der Waals surface area contributed by atoms with E-state index in [-0.39, 0.29) is 12.5 Å². The molecule has 0 fully saturated rings. The minimum Gasteiger partial charge on any atom is -0.465 e. The van der Waals surface area contributed by atoms with Gasteiger partial charge in [0.15, 0.2) is 0 Å². The van der Waals surface area contributed by atoms with Crippen molar-refractivity contribution >= 4 is 11.9 Å². The maximum Gasteiger partial charge on any atom is 0.325 e. The number of anilines is 1. The van der Waals surface area contributed by atoms with Crippen molar-refractivity contribution < 1.29 is 9.53 Å². The summed E-state index contributed by atoms with van der Waals surface area (Å²) in [5, 5.41) is 8.06. The largest absolute Gasteiger partial charge is 0.465 e. The Kier molecular flexibility index (Phi) is 5.48. The average molecular weight is 252 g/mol. The van der Waals surface area contributed by atoms with Gasteiger partial charge >= 0.3 is 5.97 Å². The molecule has 0 N–H and O–H groups in total. The molecule has 0 aliphatic carbocycles. The highest BCUT2D eigenvalue weighted by Gasteiger charge is 2.15. The number of carbonyl (C=O) groups is 1. The Morgan fingerprint density at radius 2 is 1.94 bits per heavy atom. The first kappa shape index (κ1) is 14.3. The van der Waals surface area contributed by atoms with Crippen molar-refractivity contribution in [2.24, 2.45) is 0 Å². The number of aromatic nitrogens is 3. The van der Waals surface area contributed by atoms with Gasteiger partial charge in [-0.25, -0.2) is 4.98 Å². The van der Waals surface area contributed by atoms with Crippen LogP contribution in [0.3, 0.4) is 0 Å². The minimum absolute atomic E-state index is 0.159. The Bertz CT molecular complexity index is 409. The summed E-state index contributed by atoms with van der Waals surface area (Å²) in [5.74, 6) is 0.209. The molecular formula is C12H20N4O2. The summed E-state index contributed by atoms with van der Waals surface area (Å²) in [5.41, 5.74) is 1.62. The molecule has 0 aromatic carbocycles. The van der Waals surface area contributed by atoms with E-state index in [0.29, 0.717) is 19.1 Å². The van der Waals surface area contributed by atoms with E-state index < -0.39 is 0 Å². The second kappa shape index (κ2) is 6.88. The number of hydrogen-bond donors (Lipinski definition) is 0. The SMILES string of the molecule is CCCN(CC(=O)OCC)c1nnc(C)c(C)n1. The lowest BCUT2D eigenvalue weighted by atomic mass is 10.3. The van der Waals surface area contributed by atoms with Crippen LogP contribution in [0.1, 0.15) is 31.7 Å². The van der Waals surface area contributed by atoms with Crippen LogP contribution >= 0.6 is 0 Å². The molecule has 6 nitrogen and oxygen atoms in total. The number of esters is 1. The quantitative estimate of drug-likeness (QED) is 0.710. The maximum absolute atomic E-state index is 11.5. The van der Waals surface area contributed by atoms with Crippen LogP contribution in [0.5, 0.6) is 0 Å². The lowest BCUT2D eigenvalue weighted by molar-refractivity contribution is -0.141. The third-order valence-corrected chi connectivity index (χ3v) is 2.48. The molecule has 0 spiro atoms. The van der Waals surface area contributed by atoms with Gasteiger partial charge < -0.3 is 9.64 Å². The smallest absolute Gasteiger partial charge is 0.325 e. The van der Waals surface area contributed by atoms with Gasteiger partial charge in [-0.3, -0.25) is 4.79 Å². The second-order valence-electron chi connectivity index (χ2n) is 4.01. The molecule has 18 heavy (non-hydrogen) atoms. The van der Waals surface area contributed by atoms with E-state index in [2.05, 4.69) is 15.2 Å². The van der Waals surface area contributed by atoms with Crippen molar-refractivity contribution in [1.82, 2.24) is 15.2 Å². The van der Waals surface area contributed by atoms with E-state index in [0.717, 1.165) is 17.8 Å². The highest BCUT2D eigenvalue weighted by atomic mass is 16.5. The summed E-state index contributed by atoms with van der Waals surface area (Å²) in [4.78, 5) is 17.7. The monoisotopic (exact) mass is 252 g/mol. The van der Waals surface area contributed by atoms with Crippen LogP contribution < -0.4 is 4.90 Å². The van der Waals surface area contributed by atoms with Crippen molar-refractivity contribution in [3.8, 4) is 0 Å². The molecule has 1 aromatic heterocycles. The average Bonchev–Trinajstić information content (AvgIpc) is 2.32. The van der Waals surface area contributed by atoms with Gasteiger partial charge in [-0.15, -0.1) is 5.10 Å². The van der Waals surface area contributed by atoms with Crippen LogP contribution in [0.2, 0.25) is 0 Å². The first-order chi connectivity index (χ1) is 8.58. The number of hydrogen-bond acceptors (Lipinski definition) is 6. The minimum atomic E-state index is -0.271. The highest BCUT2D eigenvalue weighted by molar-refractivity contribution is 5.74. The number of nitrogens with zero attached hydrogens (tertiary/aromatic N) is 4. The van der Waals surface area contributed by atoms with E-state index in [9.17, 15) is 4.79 Å². The first-order valence-corrected chi connectivity index (χ1v) is 6.17. The van der Waals surface area contributed by atoms with Crippen LogP contribution in [0, 0.1) is 13.8 Å². The predicted molar refractivity (Wildman–Crippen MR) is 68.4 cm³/mol. The van der Waals surface area contributed by atoms with Gasteiger partial charge in [-0.2, -0.15) is 5.10 Å². The third kappa shape index (κ3) is 3.94. The number of carbonyl (C=O) groups excluding carboxylic acids is 1. The van der Waals surface area contributed by atoms with Gasteiger partial charge in [0, 0.05) is 6.54 Å². The van der Waals surface area contributed by atoms with Crippen molar-refractivity contribution in [2.45, 2.75) is 34.1 Å². The summed E-state index contributed by atoms with van der Waals surface area (Å²) < 4.78 is 4.94. The van der Waals surface area contributed by atoms with Crippen molar-refractivity contribution in [3.63, 3.8) is 0 Å². The number of ether oxygens (including phenoxy) is 1. The standard InChI is InChI=1S/C12H20N4O2/c1-5-7-16(8-11(17)18-6-2)12-13-9(3)10(4)14-15-12/h5-8H2,1-4H3. The predicted octanol–water partition coefficient (Wildman–Crippen LogP) is 1.27. The van der Waals surface area contributed by atoms with Crippen LogP contribution in [-0.4, -0.2) is 40.8 Å². The van der Waals surface area contributed by atoms with Gasteiger partial charge in [0.1, 0.15) is 6.54 Å². The van der Waals surface area contributed by atoms with Crippen LogP contribution in [0.4, 0.5) is 5.95 Å². The van der Waals surface area contributed by atoms with Crippen LogP contribution in [-0.2, 0) is 9.53 Å². The van der Waals surface area contributed by atoms with E-state index >= 15 is 0 Å². The highest BCUT2D eigenvalue weighted by Crippen LogP contribution is 2.09. The Labute approximate surface area is 107 Å². The van der Waals surface area contributed by atoms with Gasteiger partial charge in [0.05, 0.1) is 18.0 Å². The summed E-state index contributed by atoms with van der Waals surface area (Å²) in [6.07, 6.45) is 0.899. The fraction of sp³-hybridized carbons (Fsp3) is 0.667. The summed E-state index contributed by atoms with van der Waals surface area (Å²) in [7, 11) is 0. The fourth-order valence-corrected chi connectivity index (χ4v) is 1.46. The van der Waals surface area contributed by atoms with Gasteiger partial charge in [0.25, 0.3) is 0 Å². The molecule has 0 atom stereocenters. The van der Waals surface area contributed by atoms with Crippen molar-refractivity contribution in [1.29, 1.82) is 0 Å². The normalized spacial score (nSPS) is 10.2. The Morgan fingerprint density at radius 1 is 1.22 bits per heavy atom. The topological polar surface area (TPSA) is 68.2 Å². The van der Waals surface area contributed by atoms with Crippen LogP contribution in [0.15, 0.2) is 0 Å². The molecule has 0 amide bonds. The molecular weight excluding hydrogens is 232 g/mol. The number of rotatable bonds is 6. The summed E-state index contributed by atoms with van der Waals surface area (Å²) in [6.45, 7) is 8.79.